The van der Waals surface area contributed by atoms with Crippen molar-refractivity contribution in [3.05, 3.63) is 86.1 Å². The number of carbonyl (C=O) groups excluding carboxylic acids is 1. The molecule has 0 bridgehead atoms. The van der Waals surface area contributed by atoms with Crippen LogP contribution in [-0.4, -0.2) is 39.1 Å². The van der Waals surface area contributed by atoms with Crippen LogP contribution in [0.1, 0.15) is 50.0 Å². The number of esters is 1. The van der Waals surface area contributed by atoms with Crippen molar-refractivity contribution in [2.75, 3.05) is 6.61 Å². The highest BCUT2D eigenvalue weighted by Crippen LogP contribution is 2.23. The zero-order chi connectivity index (χ0) is 27.4. The molecular weight excluding hydrogens is 548 g/mol. The summed E-state index contributed by atoms with van der Waals surface area (Å²) in [5.74, 6) is 0.815. The summed E-state index contributed by atoms with van der Waals surface area (Å²) < 4.78 is 15.0. The second-order valence-electron chi connectivity index (χ2n) is 8.97. The second kappa shape index (κ2) is 11.8. The molecule has 4 aromatic rings. The quantitative estimate of drug-likeness (QED) is 0.187. The molecule has 0 saturated heterocycles. The topological polar surface area (TPSA) is 87.7 Å². The van der Waals surface area contributed by atoms with Crippen molar-refractivity contribution in [2.24, 2.45) is 5.10 Å². The number of rotatable bonds is 9. The van der Waals surface area contributed by atoms with Crippen LogP contribution in [0.2, 0.25) is 0 Å². The minimum absolute atomic E-state index is 0.197. The van der Waals surface area contributed by atoms with Gasteiger partial charge < -0.3 is 14.0 Å². The third kappa shape index (κ3) is 5.72. The van der Waals surface area contributed by atoms with Crippen LogP contribution in [0, 0.1) is 13.8 Å². The summed E-state index contributed by atoms with van der Waals surface area (Å²) in [4.78, 5) is 29.9. The fourth-order valence-corrected chi connectivity index (χ4v) is 4.68. The van der Waals surface area contributed by atoms with Crippen LogP contribution in [-0.2, 0) is 16.0 Å². The lowest BCUT2D eigenvalue weighted by molar-refractivity contribution is -0.150. The van der Waals surface area contributed by atoms with Gasteiger partial charge >= 0.3 is 5.97 Å². The molecule has 0 amide bonds. The third-order valence-electron chi connectivity index (χ3n) is 6.16. The van der Waals surface area contributed by atoms with Gasteiger partial charge in [0.25, 0.3) is 5.56 Å². The summed E-state index contributed by atoms with van der Waals surface area (Å²) >= 11 is 3.44. The van der Waals surface area contributed by atoms with E-state index in [1.807, 2.05) is 63.2 Å². The average Bonchev–Trinajstić information content (AvgIpc) is 3.17. The minimum atomic E-state index is -0.689. The molecule has 0 radical (unpaired) electrons. The van der Waals surface area contributed by atoms with E-state index in [2.05, 4.69) is 25.6 Å². The van der Waals surface area contributed by atoms with Gasteiger partial charge in [0.15, 0.2) is 6.10 Å². The van der Waals surface area contributed by atoms with E-state index in [1.54, 1.807) is 26.1 Å². The first-order valence-corrected chi connectivity index (χ1v) is 13.4. The maximum atomic E-state index is 13.3. The fraction of sp³-hybridized carbons (Fsp3) is 0.310. The lowest BCUT2D eigenvalue weighted by atomic mass is 10.2. The molecule has 38 heavy (non-hydrogen) atoms. The largest absolute Gasteiger partial charge is 0.479 e. The van der Waals surface area contributed by atoms with E-state index in [9.17, 15) is 9.59 Å². The van der Waals surface area contributed by atoms with E-state index >= 15 is 0 Å². The second-order valence-corrected chi connectivity index (χ2v) is 9.88. The summed E-state index contributed by atoms with van der Waals surface area (Å²) in [6.07, 6.45) is 2.51. The van der Waals surface area contributed by atoms with Crippen molar-refractivity contribution in [1.29, 1.82) is 0 Å². The predicted molar refractivity (Wildman–Crippen MR) is 153 cm³/mol. The highest BCUT2D eigenvalue weighted by molar-refractivity contribution is 9.10. The lowest BCUT2D eigenvalue weighted by Crippen LogP contribution is -2.26. The Balaban J connectivity index is 1.64. The van der Waals surface area contributed by atoms with Crippen LogP contribution < -0.4 is 10.3 Å². The van der Waals surface area contributed by atoms with Crippen LogP contribution in [0.4, 0.5) is 0 Å². The molecule has 1 atom stereocenters. The van der Waals surface area contributed by atoms with Gasteiger partial charge in [0.05, 0.1) is 23.7 Å². The van der Waals surface area contributed by atoms with Crippen molar-refractivity contribution < 1.29 is 14.3 Å². The fourth-order valence-electron chi connectivity index (χ4n) is 4.32. The molecule has 0 fully saturated rings. The molecule has 2 aromatic heterocycles. The molecule has 9 heteroatoms. The van der Waals surface area contributed by atoms with Gasteiger partial charge in [0.1, 0.15) is 11.6 Å². The standard InChI is InChI=1S/C29H31BrN4O4/c1-6-8-27-32-26-14-9-22(30)16-25(26)28(35)34(27)31-17-21-15-18(3)33(19(21)4)23-10-12-24(13-11-23)38-20(5)29(36)37-7-2/h9-17,20H,6-8H2,1-5H3/t20-/m1/s1. The number of aryl methyl sites for hydroxylation is 2. The Kier molecular flexibility index (Phi) is 8.46. The molecule has 2 heterocycles. The molecule has 198 valence electrons. The van der Waals surface area contributed by atoms with Gasteiger partial charge in [0, 0.05) is 33.5 Å². The maximum absolute atomic E-state index is 13.3. The van der Waals surface area contributed by atoms with E-state index in [4.69, 9.17) is 14.5 Å². The first-order valence-electron chi connectivity index (χ1n) is 12.6. The normalized spacial score (nSPS) is 12.3. The minimum Gasteiger partial charge on any atom is -0.479 e. The van der Waals surface area contributed by atoms with E-state index in [1.165, 1.54) is 4.68 Å². The van der Waals surface area contributed by atoms with Crippen molar-refractivity contribution in [2.45, 2.75) is 53.6 Å². The molecule has 4 rings (SSSR count). The lowest BCUT2D eigenvalue weighted by Gasteiger charge is -2.15. The Morgan fingerprint density at radius 1 is 1.13 bits per heavy atom. The zero-order valence-corrected chi connectivity index (χ0v) is 23.8. The Bertz CT molecular complexity index is 1550. The first-order chi connectivity index (χ1) is 18.2. The summed E-state index contributed by atoms with van der Waals surface area (Å²) in [5, 5.41) is 5.10. The third-order valence-corrected chi connectivity index (χ3v) is 6.65. The highest BCUT2D eigenvalue weighted by atomic mass is 79.9. The van der Waals surface area contributed by atoms with Crippen molar-refractivity contribution >= 4 is 39.0 Å². The number of carbonyl (C=O) groups is 1. The number of nitrogens with zero attached hydrogens (tertiary/aromatic N) is 4. The molecule has 0 aliphatic heterocycles. The number of hydrogen-bond acceptors (Lipinski definition) is 6. The van der Waals surface area contributed by atoms with Gasteiger partial charge in [0.2, 0.25) is 0 Å². The summed E-state index contributed by atoms with van der Waals surface area (Å²) in [5.41, 5.74) is 4.28. The Hall–Kier alpha value is -3.72. The molecule has 0 N–H and O–H groups in total. The van der Waals surface area contributed by atoms with Crippen molar-refractivity contribution in [3.8, 4) is 11.4 Å². The van der Waals surface area contributed by atoms with Gasteiger partial charge in [-0.2, -0.15) is 9.78 Å². The molecule has 0 unspecified atom stereocenters. The summed E-state index contributed by atoms with van der Waals surface area (Å²) in [6.45, 7) is 9.81. The van der Waals surface area contributed by atoms with Crippen molar-refractivity contribution in [3.63, 3.8) is 0 Å². The monoisotopic (exact) mass is 578 g/mol. The molecule has 0 spiro atoms. The molecule has 0 aliphatic carbocycles. The number of ether oxygens (including phenoxy) is 2. The number of aromatic nitrogens is 3. The van der Waals surface area contributed by atoms with Gasteiger partial charge in [-0.15, -0.1) is 0 Å². The number of fused-ring (bicyclic) bond motifs is 1. The smallest absolute Gasteiger partial charge is 0.347 e. The van der Waals surface area contributed by atoms with E-state index < -0.39 is 12.1 Å². The Morgan fingerprint density at radius 2 is 1.87 bits per heavy atom. The summed E-state index contributed by atoms with van der Waals surface area (Å²) in [7, 11) is 0. The molecular formula is C29H31BrN4O4. The Labute approximate surface area is 230 Å². The zero-order valence-electron chi connectivity index (χ0n) is 22.2. The Morgan fingerprint density at radius 3 is 2.55 bits per heavy atom. The molecule has 0 saturated carbocycles. The highest BCUT2D eigenvalue weighted by Gasteiger charge is 2.16. The predicted octanol–water partition coefficient (Wildman–Crippen LogP) is 5.73. The molecule has 0 aliphatic rings. The number of hydrogen-bond donors (Lipinski definition) is 0. The van der Waals surface area contributed by atoms with E-state index in [0.29, 0.717) is 35.5 Å². The first kappa shape index (κ1) is 27.3. The van der Waals surface area contributed by atoms with E-state index in [-0.39, 0.29) is 5.56 Å². The SMILES string of the molecule is CCCc1nc2ccc(Br)cc2c(=O)n1N=Cc1cc(C)n(-c2ccc(O[C@H](C)C(=O)OCC)cc2)c1C. The van der Waals surface area contributed by atoms with Crippen LogP contribution in [0.25, 0.3) is 16.6 Å². The summed E-state index contributed by atoms with van der Waals surface area (Å²) in [6, 6.07) is 15.1. The number of halogens is 1. The van der Waals surface area contributed by atoms with E-state index in [0.717, 1.165) is 33.5 Å². The average molecular weight is 579 g/mol. The molecule has 8 nitrogen and oxygen atoms in total. The van der Waals surface area contributed by atoms with Gasteiger partial charge in [-0.1, -0.05) is 22.9 Å². The van der Waals surface area contributed by atoms with Gasteiger partial charge in [-0.05, 0) is 82.6 Å². The van der Waals surface area contributed by atoms with Crippen molar-refractivity contribution in [1.82, 2.24) is 14.2 Å². The van der Waals surface area contributed by atoms with Crippen LogP contribution in [0.15, 0.2) is 62.9 Å². The van der Waals surface area contributed by atoms with Crippen LogP contribution in [0.5, 0.6) is 5.75 Å². The van der Waals surface area contributed by atoms with Crippen LogP contribution >= 0.6 is 15.9 Å². The molecule has 2 aromatic carbocycles. The number of benzene rings is 2. The maximum Gasteiger partial charge on any atom is 0.347 e. The van der Waals surface area contributed by atoms with Crippen LogP contribution in [0.3, 0.4) is 0 Å². The van der Waals surface area contributed by atoms with Gasteiger partial charge in [-0.25, -0.2) is 9.78 Å². The van der Waals surface area contributed by atoms with Gasteiger partial charge in [-0.3, -0.25) is 4.79 Å².